The molecule has 0 radical (unpaired) electrons. The predicted octanol–water partition coefficient (Wildman–Crippen LogP) is 0.922. The number of rotatable bonds is 0. The van der Waals surface area contributed by atoms with Crippen molar-refractivity contribution < 1.29 is 23.5 Å². The normalized spacial score (nSPS) is 22.5. The Labute approximate surface area is 66.8 Å². The number of carboxylic acid groups (broad SMARTS) is 1. The van der Waals surface area contributed by atoms with Crippen molar-refractivity contribution in [1.82, 2.24) is 4.90 Å². The molecule has 1 aliphatic heterocycles. The number of piperidine rings is 1. The van der Waals surface area contributed by atoms with Gasteiger partial charge in [0.25, 0.3) is 5.92 Å². The average Bonchev–Trinajstić information content (AvgIpc) is 1.94. The van der Waals surface area contributed by atoms with E-state index in [0.717, 1.165) is 0 Å². The molecule has 0 spiro atoms. The number of likely N-dealkylation sites (tertiary alicyclic amines) is 1. The number of carbonyl (C=O) groups excluding carboxylic acids is 1. The summed E-state index contributed by atoms with van der Waals surface area (Å²) in [6.07, 6.45) is -2.58. The average molecular weight is 179 g/mol. The van der Waals surface area contributed by atoms with Crippen LogP contribution in [0.1, 0.15) is 12.8 Å². The second-order valence-corrected chi connectivity index (χ2v) is 2.62. The number of imide groups is 1. The molecule has 1 rings (SSSR count). The summed E-state index contributed by atoms with van der Waals surface area (Å²) in [4.78, 5) is 21.1. The monoisotopic (exact) mass is 179 g/mol. The van der Waals surface area contributed by atoms with Gasteiger partial charge >= 0.3 is 6.09 Å². The van der Waals surface area contributed by atoms with E-state index in [1.807, 2.05) is 0 Å². The molecule has 6 heteroatoms. The molecule has 0 aromatic carbocycles. The van der Waals surface area contributed by atoms with Gasteiger partial charge in [-0.1, -0.05) is 0 Å². The van der Waals surface area contributed by atoms with Gasteiger partial charge in [-0.05, 0) is 0 Å². The van der Waals surface area contributed by atoms with Crippen molar-refractivity contribution in [2.24, 2.45) is 0 Å². The van der Waals surface area contributed by atoms with E-state index in [0.29, 0.717) is 0 Å². The lowest BCUT2D eigenvalue weighted by Crippen LogP contribution is -2.48. The number of halogens is 2. The van der Waals surface area contributed by atoms with Gasteiger partial charge < -0.3 is 5.11 Å². The third-order valence-electron chi connectivity index (χ3n) is 1.63. The van der Waals surface area contributed by atoms with Gasteiger partial charge in [-0.2, -0.15) is 0 Å². The first kappa shape index (κ1) is 8.89. The summed E-state index contributed by atoms with van der Waals surface area (Å²) in [6.45, 7) is -1.01. The van der Waals surface area contributed by atoms with Gasteiger partial charge in [0.2, 0.25) is 5.91 Å². The molecule has 1 fully saturated rings. The number of carbonyl (C=O) groups is 2. The fraction of sp³-hybridized carbons (Fsp3) is 0.667. The van der Waals surface area contributed by atoms with Crippen molar-refractivity contribution in [1.29, 1.82) is 0 Å². The van der Waals surface area contributed by atoms with Crippen molar-refractivity contribution >= 4 is 12.0 Å². The Morgan fingerprint density at radius 2 is 2.17 bits per heavy atom. The van der Waals surface area contributed by atoms with E-state index in [4.69, 9.17) is 5.11 Å². The lowest BCUT2D eigenvalue weighted by Gasteiger charge is -2.28. The minimum absolute atomic E-state index is 0.156. The molecule has 1 saturated heterocycles. The van der Waals surface area contributed by atoms with Gasteiger partial charge in [0.1, 0.15) is 0 Å². The highest BCUT2D eigenvalue weighted by Crippen LogP contribution is 2.26. The van der Waals surface area contributed by atoms with E-state index >= 15 is 0 Å². The Morgan fingerprint density at radius 1 is 1.58 bits per heavy atom. The van der Waals surface area contributed by atoms with Gasteiger partial charge in [-0.25, -0.2) is 18.5 Å². The number of hydrogen-bond donors (Lipinski definition) is 1. The van der Waals surface area contributed by atoms with E-state index in [1.54, 1.807) is 0 Å². The maximum Gasteiger partial charge on any atom is 0.414 e. The first-order chi connectivity index (χ1) is 5.42. The number of hydrogen-bond acceptors (Lipinski definition) is 2. The van der Waals surface area contributed by atoms with Crippen LogP contribution in [-0.2, 0) is 4.79 Å². The Hall–Kier alpha value is -1.20. The van der Waals surface area contributed by atoms with Crippen LogP contribution in [0.15, 0.2) is 0 Å². The van der Waals surface area contributed by atoms with Crippen molar-refractivity contribution in [2.45, 2.75) is 18.8 Å². The highest BCUT2D eigenvalue weighted by Gasteiger charge is 2.41. The first-order valence-electron chi connectivity index (χ1n) is 3.33. The molecule has 0 aromatic heterocycles. The SMILES string of the molecule is O=C(O)N1CC(F)(F)CCC1=O. The minimum Gasteiger partial charge on any atom is -0.465 e. The molecule has 2 amide bonds. The number of amides is 2. The van der Waals surface area contributed by atoms with Crippen LogP contribution in [0, 0.1) is 0 Å². The fourth-order valence-electron chi connectivity index (χ4n) is 0.998. The number of alkyl halides is 2. The Bertz CT molecular complexity index is 229. The van der Waals surface area contributed by atoms with Crippen LogP contribution in [0.3, 0.4) is 0 Å². The third-order valence-corrected chi connectivity index (χ3v) is 1.63. The standard InChI is InChI=1S/C6H7F2NO3/c7-6(8)2-1-4(10)9(3-6)5(11)12/h1-3H2,(H,11,12). The van der Waals surface area contributed by atoms with Crippen molar-refractivity contribution in [3.63, 3.8) is 0 Å². The topological polar surface area (TPSA) is 57.6 Å². The zero-order valence-corrected chi connectivity index (χ0v) is 6.09. The van der Waals surface area contributed by atoms with Crippen molar-refractivity contribution in [3.8, 4) is 0 Å². The van der Waals surface area contributed by atoms with Crippen LogP contribution in [0.25, 0.3) is 0 Å². The molecule has 0 aromatic rings. The van der Waals surface area contributed by atoms with Crippen LogP contribution >= 0.6 is 0 Å². The van der Waals surface area contributed by atoms with E-state index < -0.39 is 37.3 Å². The Kier molecular flexibility index (Phi) is 1.99. The van der Waals surface area contributed by atoms with E-state index in [-0.39, 0.29) is 4.90 Å². The van der Waals surface area contributed by atoms with Crippen LogP contribution in [0.5, 0.6) is 0 Å². The summed E-state index contributed by atoms with van der Waals surface area (Å²) in [5.74, 6) is -3.82. The zero-order chi connectivity index (χ0) is 9.35. The predicted molar refractivity (Wildman–Crippen MR) is 33.9 cm³/mol. The molecule has 0 bridgehead atoms. The third kappa shape index (κ3) is 1.69. The highest BCUT2D eigenvalue weighted by molar-refractivity contribution is 5.91. The summed E-state index contributed by atoms with van der Waals surface area (Å²) >= 11 is 0. The lowest BCUT2D eigenvalue weighted by atomic mass is 10.1. The Morgan fingerprint density at radius 3 is 2.58 bits per heavy atom. The lowest BCUT2D eigenvalue weighted by molar-refractivity contribution is -0.143. The molecule has 1 heterocycles. The summed E-state index contributed by atoms with van der Waals surface area (Å²) < 4.78 is 25.1. The van der Waals surface area contributed by atoms with Crippen molar-refractivity contribution in [2.75, 3.05) is 6.54 Å². The molecule has 0 unspecified atom stereocenters. The summed E-state index contributed by atoms with van der Waals surface area (Å²) in [5.41, 5.74) is 0. The van der Waals surface area contributed by atoms with E-state index in [9.17, 15) is 18.4 Å². The molecule has 0 atom stereocenters. The fourth-order valence-corrected chi connectivity index (χ4v) is 0.998. The highest BCUT2D eigenvalue weighted by atomic mass is 19.3. The van der Waals surface area contributed by atoms with Crippen molar-refractivity contribution in [3.05, 3.63) is 0 Å². The zero-order valence-electron chi connectivity index (χ0n) is 6.09. The molecule has 12 heavy (non-hydrogen) atoms. The molecular formula is C6H7F2NO3. The molecule has 0 saturated carbocycles. The van der Waals surface area contributed by atoms with Gasteiger partial charge in [0.05, 0.1) is 6.54 Å². The van der Waals surface area contributed by atoms with Gasteiger partial charge in [0.15, 0.2) is 0 Å². The number of nitrogens with zero attached hydrogens (tertiary/aromatic N) is 1. The van der Waals surface area contributed by atoms with E-state index in [1.165, 1.54) is 0 Å². The Balaban J connectivity index is 2.72. The van der Waals surface area contributed by atoms with Gasteiger partial charge in [-0.15, -0.1) is 0 Å². The maximum atomic E-state index is 12.5. The molecule has 0 aliphatic carbocycles. The quantitative estimate of drug-likeness (QED) is 0.601. The second-order valence-electron chi connectivity index (χ2n) is 2.62. The van der Waals surface area contributed by atoms with E-state index in [2.05, 4.69) is 0 Å². The summed E-state index contributed by atoms with van der Waals surface area (Å²) in [7, 11) is 0. The summed E-state index contributed by atoms with van der Waals surface area (Å²) in [5, 5.41) is 8.31. The van der Waals surface area contributed by atoms with Crippen LogP contribution in [-0.4, -0.2) is 34.5 Å². The van der Waals surface area contributed by atoms with Crippen LogP contribution in [0.4, 0.5) is 13.6 Å². The molecule has 4 nitrogen and oxygen atoms in total. The summed E-state index contributed by atoms with van der Waals surface area (Å²) in [6, 6.07) is 0. The molecular weight excluding hydrogens is 172 g/mol. The second kappa shape index (κ2) is 2.69. The van der Waals surface area contributed by atoms with Crippen LogP contribution in [0.2, 0.25) is 0 Å². The largest absolute Gasteiger partial charge is 0.465 e. The minimum atomic E-state index is -3.06. The van der Waals surface area contributed by atoms with Crippen LogP contribution < -0.4 is 0 Å². The molecule has 1 N–H and O–H groups in total. The smallest absolute Gasteiger partial charge is 0.414 e. The van der Waals surface area contributed by atoms with Gasteiger partial charge in [0, 0.05) is 12.8 Å². The maximum absolute atomic E-state index is 12.5. The van der Waals surface area contributed by atoms with Gasteiger partial charge in [-0.3, -0.25) is 4.79 Å². The molecule has 1 aliphatic rings. The first-order valence-corrected chi connectivity index (χ1v) is 3.33. The molecule has 68 valence electrons.